The molecule has 2 saturated heterocycles. The molecule has 250 valence electrons. The van der Waals surface area contributed by atoms with Crippen LogP contribution >= 0.6 is 0 Å². The van der Waals surface area contributed by atoms with Crippen molar-refractivity contribution in [1.29, 1.82) is 5.26 Å². The van der Waals surface area contributed by atoms with E-state index in [9.17, 15) is 15.2 Å². The Bertz CT molecular complexity index is 1840. The molecule has 0 radical (unpaired) electrons. The van der Waals surface area contributed by atoms with Crippen LogP contribution < -0.4 is 10.5 Å². The number of ether oxygens (including phenoxy) is 1. The minimum atomic E-state index is -0.538. The maximum atomic E-state index is 15.6. The Morgan fingerprint density at radius 2 is 1.90 bits per heavy atom. The van der Waals surface area contributed by atoms with Gasteiger partial charge in [-0.25, -0.2) is 19.0 Å². The molecule has 0 aliphatic carbocycles. The van der Waals surface area contributed by atoms with Crippen LogP contribution in [0.3, 0.4) is 0 Å². The summed E-state index contributed by atoms with van der Waals surface area (Å²) in [6.07, 6.45) is 7.14. The van der Waals surface area contributed by atoms with Gasteiger partial charge in [-0.1, -0.05) is 24.3 Å². The Morgan fingerprint density at radius 3 is 2.62 bits per heavy atom. The number of fused-ring (bicyclic) bond motifs is 1. The van der Waals surface area contributed by atoms with Gasteiger partial charge in [0.2, 0.25) is 0 Å². The summed E-state index contributed by atoms with van der Waals surface area (Å²) in [5.74, 6) is 0.251. The highest BCUT2D eigenvalue weighted by Crippen LogP contribution is 2.36. The van der Waals surface area contributed by atoms with Gasteiger partial charge in [-0.2, -0.15) is 10.4 Å². The summed E-state index contributed by atoms with van der Waals surface area (Å²) in [5, 5.41) is 25.1. The molecule has 2 aliphatic rings. The van der Waals surface area contributed by atoms with Gasteiger partial charge < -0.3 is 20.5 Å². The number of halogens is 1. The van der Waals surface area contributed by atoms with Crippen LogP contribution in [0, 0.1) is 17.1 Å². The molecule has 0 unspecified atom stereocenters. The van der Waals surface area contributed by atoms with Crippen LogP contribution in [0.5, 0.6) is 11.5 Å². The van der Waals surface area contributed by atoms with Gasteiger partial charge in [0.1, 0.15) is 46.8 Å². The van der Waals surface area contributed by atoms with E-state index in [4.69, 9.17) is 15.6 Å². The Morgan fingerprint density at radius 1 is 1.12 bits per heavy atom. The van der Waals surface area contributed by atoms with Crippen LogP contribution in [0.15, 0.2) is 66.5 Å². The van der Waals surface area contributed by atoms with Crippen LogP contribution in [0.2, 0.25) is 0 Å². The number of carbonyl (C=O) groups is 1. The highest BCUT2D eigenvalue weighted by atomic mass is 19.1. The van der Waals surface area contributed by atoms with Crippen molar-refractivity contribution in [2.45, 2.75) is 70.1 Å². The number of allylic oxidation sites excluding steroid dienone is 1. The van der Waals surface area contributed by atoms with Crippen molar-refractivity contribution in [2.75, 3.05) is 31.9 Å². The molecule has 4 heterocycles. The van der Waals surface area contributed by atoms with E-state index < -0.39 is 5.82 Å². The van der Waals surface area contributed by atoms with E-state index in [0.717, 1.165) is 32.4 Å². The van der Waals surface area contributed by atoms with Crippen LogP contribution in [-0.4, -0.2) is 78.4 Å². The molecular weight excluding hydrogens is 611 g/mol. The molecule has 0 saturated carbocycles. The van der Waals surface area contributed by atoms with Crippen LogP contribution in [0.4, 0.5) is 10.2 Å². The zero-order valence-electron chi connectivity index (χ0n) is 27.3. The van der Waals surface area contributed by atoms with Crippen molar-refractivity contribution < 1.29 is 19.0 Å². The molecule has 2 aliphatic heterocycles. The van der Waals surface area contributed by atoms with E-state index in [1.807, 2.05) is 18.2 Å². The van der Waals surface area contributed by atoms with E-state index >= 15 is 4.39 Å². The van der Waals surface area contributed by atoms with E-state index in [-0.39, 0.29) is 40.5 Å². The number of aliphatic hydroxyl groups excluding tert-OH is 1. The number of nitrogens with zero attached hydrogens (tertiary/aromatic N) is 7. The van der Waals surface area contributed by atoms with E-state index in [0.29, 0.717) is 60.6 Å². The van der Waals surface area contributed by atoms with E-state index in [1.54, 1.807) is 39.9 Å². The highest BCUT2D eigenvalue weighted by molar-refractivity contribution is 5.99. The van der Waals surface area contributed by atoms with Gasteiger partial charge in [0.05, 0.1) is 17.5 Å². The molecule has 2 fully saturated rings. The molecule has 0 spiro atoms. The predicted octanol–water partition coefficient (Wildman–Crippen LogP) is 5.64. The number of aliphatic hydroxyl groups is 1. The van der Waals surface area contributed by atoms with Gasteiger partial charge in [-0.15, -0.1) is 0 Å². The van der Waals surface area contributed by atoms with Gasteiger partial charge in [0.25, 0.3) is 5.91 Å². The van der Waals surface area contributed by atoms with Crippen LogP contribution in [-0.2, 0) is 4.79 Å². The number of benzene rings is 2. The fourth-order valence-electron chi connectivity index (χ4n) is 6.70. The maximum absolute atomic E-state index is 15.6. The van der Waals surface area contributed by atoms with E-state index in [1.165, 1.54) is 12.4 Å². The van der Waals surface area contributed by atoms with Gasteiger partial charge in [-0.3, -0.25) is 9.69 Å². The average molecular weight is 653 g/mol. The number of amides is 1. The molecule has 0 bridgehead atoms. The molecule has 2 aromatic heterocycles. The lowest BCUT2D eigenvalue weighted by Gasteiger charge is -2.42. The summed E-state index contributed by atoms with van der Waals surface area (Å²) in [4.78, 5) is 26.3. The minimum absolute atomic E-state index is 0.117. The monoisotopic (exact) mass is 652 g/mol. The topological polar surface area (TPSA) is 146 Å². The molecular formula is C36H41FN8O3. The smallest absolute Gasteiger partial charge is 0.264 e. The molecule has 3 N–H and O–H groups in total. The molecule has 48 heavy (non-hydrogen) atoms. The third-order valence-corrected chi connectivity index (χ3v) is 9.50. The zero-order valence-corrected chi connectivity index (χ0v) is 27.3. The van der Waals surface area contributed by atoms with Gasteiger partial charge in [-0.05, 0) is 76.6 Å². The minimum Gasteiger partial charge on any atom is -0.457 e. The number of rotatable bonds is 9. The number of aromatic nitrogens is 4. The fourth-order valence-corrected chi connectivity index (χ4v) is 6.70. The Kier molecular flexibility index (Phi) is 9.71. The van der Waals surface area contributed by atoms with E-state index in [2.05, 4.69) is 34.8 Å². The first-order chi connectivity index (χ1) is 23.1. The van der Waals surface area contributed by atoms with Gasteiger partial charge in [0.15, 0.2) is 5.65 Å². The summed E-state index contributed by atoms with van der Waals surface area (Å²) in [6, 6.07) is 15.6. The molecule has 2 aromatic carbocycles. The second-order valence-electron chi connectivity index (χ2n) is 13.2. The number of hydrogen-bond donors (Lipinski definition) is 2. The number of nitriles is 1. The standard InChI is InChI=1S/C36H41FN8O3/c1-36(2,44-18-14-26(46)15-19-44)16-6-8-24(21-38)35(47)43-17-7-9-25(22-43)45-34-31(33(39)40-23-41-34)32(42-45)29-13-12-28(20-30(29)37)48-27-10-4-3-5-11-27/h3-5,8,10-13,20,23,25-26,46H,6-7,9,14-19,22H2,1-2H3,(H2,39,40,41)/b24-8+/t25-/m1/s1. The number of nitrogen functional groups attached to an aromatic ring is 1. The third-order valence-electron chi connectivity index (χ3n) is 9.50. The lowest BCUT2D eigenvalue weighted by molar-refractivity contribution is -0.128. The van der Waals surface area contributed by atoms with Crippen molar-refractivity contribution in [3.8, 4) is 28.8 Å². The number of hydrogen-bond acceptors (Lipinski definition) is 9. The summed E-state index contributed by atoms with van der Waals surface area (Å²) < 4.78 is 23.1. The fraction of sp³-hybridized carbons (Fsp3) is 0.417. The van der Waals surface area contributed by atoms with Crippen molar-refractivity contribution in [1.82, 2.24) is 29.5 Å². The van der Waals surface area contributed by atoms with Crippen molar-refractivity contribution in [2.24, 2.45) is 0 Å². The number of piperidine rings is 2. The van der Waals surface area contributed by atoms with Crippen LogP contribution in [0.25, 0.3) is 22.3 Å². The average Bonchev–Trinajstić information content (AvgIpc) is 3.48. The largest absolute Gasteiger partial charge is 0.457 e. The highest BCUT2D eigenvalue weighted by Gasteiger charge is 2.32. The molecule has 12 heteroatoms. The zero-order chi connectivity index (χ0) is 33.8. The number of likely N-dealkylation sites (tertiary alicyclic amines) is 2. The second kappa shape index (κ2) is 14.1. The molecule has 11 nitrogen and oxygen atoms in total. The first kappa shape index (κ1) is 33.1. The molecule has 4 aromatic rings. The first-order valence-electron chi connectivity index (χ1n) is 16.5. The molecule has 1 atom stereocenters. The maximum Gasteiger partial charge on any atom is 0.264 e. The van der Waals surface area contributed by atoms with Crippen LogP contribution in [0.1, 0.15) is 58.4 Å². The quantitative estimate of drug-likeness (QED) is 0.173. The molecule has 1 amide bonds. The lowest BCUT2D eigenvalue weighted by atomic mass is 9.92. The van der Waals surface area contributed by atoms with Gasteiger partial charge in [0, 0.05) is 43.3 Å². The summed E-state index contributed by atoms with van der Waals surface area (Å²) in [7, 11) is 0. The normalized spacial score (nSPS) is 18.2. The second-order valence-corrected chi connectivity index (χ2v) is 13.2. The number of para-hydroxylation sites is 1. The third kappa shape index (κ3) is 7.02. The number of nitrogens with two attached hydrogens (primary N) is 1. The number of anilines is 1. The Labute approximate surface area is 279 Å². The summed E-state index contributed by atoms with van der Waals surface area (Å²) >= 11 is 0. The lowest BCUT2D eigenvalue weighted by Crippen LogP contribution is -2.49. The molecule has 6 rings (SSSR count). The van der Waals surface area contributed by atoms with Crippen molar-refractivity contribution in [3.63, 3.8) is 0 Å². The van der Waals surface area contributed by atoms with Crippen molar-refractivity contribution >= 4 is 22.8 Å². The predicted molar refractivity (Wildman–Crippen MR) is 180 cm³/mol. The summed E-state index contributed by atoms with van der Waals surface area (Å²) in [5.41, 5.74) is 7.29. The SMILES string of the molecule is CC(C)(CC/C=C(\C#N)C(=O)N1CCC[C@@H](n2nc(-c3ccc(Oc4ccccc4)cc3F)c3c(N)ncnc32)C1)N1CCC(O)CC1. The van der Waals surface area contributed by atoms with Crippen molar-refractivity contribution in [3.05, 3.63) is 72.3 Å². The van der Waals surface area contributed by atoms with Gasteiger partial charge >= 0.3 is 0 Å². The number of carbonyl (C=O) groups excluding carboxylic acids is 1. The Balaban J connectivity index is 1.20. The Hall–Kier alpha value is -4.86. The summed E-state index contributed by atoms with van der Waals surface area (Å²) in [6.45, 7) is 6.82. The first-order valence-corrected chi connectivity index (χ1v) is 16.5.